The van der Waals surface area contributed by atoms with Gasteiger partial charge >= 0.3 is 0 Å². The van der Waals surface area contributed by atoms with Gasteiger partial charge in [-0.25, -0.2) is 4.98 Å². The van der Waals surface area contributed by atoms with Crippen molar-refractivity contribution in [1.29, 1.82) is 0 Å². The maximum Gasteiger partial charge on any atom is 0.228 e. The molecule has 1 amide bonds. The third kappa shape index (κ3) is 2.80. The quantitative estimate of drug-likeness (QED) is 0.853. The van der Waals surface area contributed by atoms with Crippen molar-refractivity contribution < 1.29 is 4.79 Å². The first-order valence-corrected chi connectivity index (χ1v) is 7.40. The third-order valence-electron chi connectivity index (χ3n) is 3.81. The van der Waals surface area contributed by atoms with Crippen LogP contribution in [0.25, 0.3) is 5.65 Å². The Morgan fingerprint density at radius 1 is 1.45 bits per heavy atom. The van der Waals surface area contributed by atoms with Gasteiger partial charge in [0.05, 0.1) is 17.1 Å². The average molecular weight is 292 g/mol. The number of pyridine rings is 1. The second-order valence-corrected chi connectivity index (χ2v) is 6.05. The molecule has 1 aliphatic rings. The van der Waals surface area contributed by atoms with Gasteiger partial charge in [0.15, 0.2) is 0 Å². The van der Waals surface area contributed by atoms with E-state index in [1.165, 1.54) is 6.42 Å². The summed E-state index contributed by atoms with van der Waals surface area (Å²) in [6.45, 7) is 3.95. The maximum atomic E-state index is 12.3. The monoisotopic (exact) mass is 291 g/mol. The molecule has 1 fully saturated rings. The third-order valence-corrected chi connectivity index (χ3v) is 4.03. The first kappa shape index (κ1) is 13.4. The summed E-state index contributed by atoms with van der Waals surface area (Å²) in [6, 6.07) is 3.67. The molecular formula is C15H18ClN3O. The van der Waals surface area contributed by atoms with Gasteiger partial charge in [0.1, 0.15) is 5.65 Å². The number of likely N-dealkylation sites (tertiary alicyclic amines) is 1. The molecule has 0 N–H and O–H groups in total. The largest absolute Gasteiger partial charge is 0.342 e. The second-order valence-electron chi connectivity index (χ2n) is 5.61. The zero-order valence-corrected chi connectivity index (χ0v) is 12.3. The molecule has 3 rings (SSSR count). The molecule has 1 atom stereocenters. The van der Waals surface area contributed by atoms with E-state index >= 15 is 0 Å². The van der Waals surface area contributed by atoms with Crippen LogP contribution in [0.5, 0.6) is 0 Å². The number of piperidine rings is 1. The van der Waals surface area contributed by atoms with E-state index < -0.39 is 0 Å². The molecule has 0 bridgehead atoms. The van der Waals surface area contributed by atoms with Crippen molar-refractivity contribution in [3.63, 3.8) is 0 Å². The molecule has 5 heteroatoms. The number of fused-ring (bicyclic) bond motifs is 1. The Labute approximate surface area is 123 Å². The predicted octanol–water partition coefficient (Wildman–Crippen LogP) is 2.79. The molecule has 1 unspecified atom stereocenters. The van der Waals surface area contributed by atoms with Crippen LogP contribution >= 0.6 is 11.6 Å². The zero-order valence-electron chi connectivity index (χ0n) is 11.6. The summed E-state index contributed by atoms with van der Waals surface area (Å²) in [5.41, 5.74) is 1.62. The Bertz CT molecular complexity index is 637. The summed E-state index contributed by atoms with van der Waals surface area (Å²) in [4.78, 5) is 18.7. The zero-order chi connectivity index (χ0) is 14.1. The summed E-state index contributed by atoms with van der Waals surface area (Å²) in [5.74, 6) is 0.777. The highest BCUT2D eigenvalue weighted by atomic mass is 35.5. The molecule has 1 saturated heterocycles. The first-order valence-electron chi connectivity index (χ1n) is 7.03. The molecule has 1 aliphatic heterocycles. The van der Waals surface area contributed by atoms with Gasteiger partial charge in [-0.3, -0.25) is 4.79 Å². The van der Waals surface area contributed by atoms with Crippen LogP contribution in [0.3, 0.4) is 0 Å². The SMILES string of the molecule is CC1CCCN(C(=O)Cc2cn3cc(Cl)ccc3n2)C1. The molecule has 0 spiro atoms. The molecule has 0 radical (unpaired) electrons. The number of nitrogens with zero attached hydrogens (tertiary/aromatic N) is 3. The van der Waals surface area contributed by atoms with E-state index in [2.05, 4.69) is 11.9 Å². The summed E-state index contributed by atoms with van der Waals surface area (Å²) >= 11 is 5.95. The van der Waals surface area contributed by atoms with Crippen molar-refractivity contribution in [3.8, 4) is 0 Å². The van der Waals surface area contributed by atoms with Gasteiger partial charge in [-0.05, 0) is 30.9 Å². The molecule has 106 valence electrons. The number of hydrogen-bond acceptors (Lipinski definition) is 2. The topological polar surface area (TPSA) is 37.6 Å². The van der Waals surface area contributed by atoms with Gasteiger partial charge in [-0.2, -0.15) is 0 Å². The first-order chi connectivity index (χ1) is 9.61. The molecular weight excluding hydrogens is 274 g/mol. The Balaban J connectivity index is 1.73. The van der Waals surface area contributed by atoms with Crippen LogP contribution in [0, 0.1) is 5.92 Å². The molecule has 0 aliphatic carbocycles. The Hall–Kier alpha value is -1.55. The number of rotatable bonds is 2. The van der Waals surface area contributed by atoms with E-state index in [0.29, 0.717) is 17.4 Å². The smallest absolute Gasteiger partial charge is 0.228 e. The minimum atomic E-state index is 0.172. The van der Waals surface area contributed by atoms with Crippen LogP contribution in [-0.4, -0.2) is 33.3 Å². The van der Waals surface area contributed by atoms with E-state index in [-0.39, 0.29) is 5.91 Å². The summed E-state index contributed by atoms with van der Waals surface area (Å²) < 4.78 is 1.86. The van der Waals surface area contributed by atoms with Crippen molar-refractivity contribution in [3.05, 3.63) is 35.2 Å². The van der Waals surface area contributed by atoms with E-state index in [4.69, 9.17) is 11.6 Å². The van der Waals surface area contributed by atoms with Crippen LogP contribution in [-0.2, 0) is 11.2 Å². The van der Waals surface area contributed by atoms with Crippen LogP contribution < -0.4 is 0 Å². The van der Waals surface area contributed by atoms with Crippen LogP contribution in [0.15, 0.2) is 24.5 Å². The second kappa shape index (κ2) is 5.44. The minimum absolute atomic E-state index is 0.172. The molecule has 20 heavy (non-hydrogen) atoms. The molecule has 3 heterocycles. The fraction of sp³-hybridized carbons (Fsp3) is 0.467. The molecule has 0 saturated carbocycles. The number of amides is 1. The van der Waals surface area contributed by atoms with E-state index in [1.54, 1.807) is 6.20 Å². The van der Waals surface area contributed by atoms with Crippen molar-refractivity contribution in [1.82, 2.24) is 14.3 Å². The van der Waals surface area contributed by atoms with Gasteiger partial charge in [0, 0.05) is 25.5 Å². The molecule has 2 aromatic rings. The number of carbonyl (C=O) groups is 1. The molecule has 4 nitrogen and oxygen atoms in total. The fourth-order valence-electron chi connectivity index (χ4n) is 2.79. The highest BCUT2D eigenvalue weighted by Gasteiger charge is 2.21. The fourth-order valence-corrected chi connectivity index (χ4v) is 2.95. The van der Waals surface area contributed by atoms with Gasteiger partial charge in [0.2, 0.25) is 5.91 Å². The number of hydrogen-bond donors (Lipinski definition) is 0. The lowest BCUT2D eigenvalue weighted by molar-refractivity contribution is -0.132. The lowest BCUT2D eigenvalue weighted by atomic mass is 10.00. The van der Waals surface area contributed by atoms with Crippen LogP contribution in [0.2, 0.25) is 5.02 Å². The van der Waals surface area contributed by atoms with E-state index in [9.17, 15) is 4.79 Å². The Morgan fingerprint density at radius 2 is 2.30 bits per heavy atom. The lowest BCUT2D eigenvalue weighted by Gasteiger charge is -2.30. The predicted molar refractivity (Wildman–Crippen MR) is 78.9 cm³/mol. The standard InChI is InChI=1S/C15H18ClN3O/c1-11-3-2-6-18(8-11)15(20)7-13-10-19-9-12(16)4-5-14(19)17-13/h4-5,9-11H,2-3,6-8H2,1H3. The maximum absolute atomic E-state index is 12.3. The number of imidazole rings is 1. The summed E-state index contributed by atoms with van der Waals surface area (Å²) in [5, 5.41) is 0.664. The lowest BCUT2D eigenvalue weighted by Crippen LogP contribution is -2.39. The number of halogens is 1. The van der Waals surface area contributed by atoms with E-state index in [1.807, 2.05) is 27.6 Å². The summed E-state index contributed by atoms with van der Waals surface area (Å²) in [7, 11) is 0. The number of aromatic nitrogens is 2. The highest BCUT2D eigenvalue weighted by molar-refractivity contribution is 6.30. The van der Waals surface area contributed by atoms with Gasteiger partial charge in [-0.15, -0.1) is 0 Å². The Kier molecular flexibility index (Phi) is 3.66. The molecule has 2 aromatic heterocycles. The number of carbonyl (C=O) groups excluding carboxylic acids is 1. The summed E-state index contributed by atoms with van der Waals surface area (Å²) in [6.07, 6.45) is 6.38. The van der Waals surface area contributed by atoms with Crippen LogP contribution in [0.4, 0.5) is 0 Å². The van der Waals surface area contributed by atoms with Gasteiger partial charge in [-0.1, -0.05) is 18.5 Å². The van der Waals surface area contributed by atoms with Gasteiger partial charge in [0.25, 0.3) is 0 Å². The Morgan fingerprint density at radius 3 is 3.10 bits per heavy atom. The van der Waals surface area contributed by atoms with Crippen molar-refractivity contribution >= 4 is 23.2 Å². The highest BCUT2D eigenvalue weighted by Crippen LogP contribution is 2.17. The van der Waals surface area contributed by atoms with Crippen molar-refractivity contribution in [2.24, 2.45) is 5.92 Å². The minimum Gasteiger partial charge on any atom is -0.342 e. The molecule has 0 aromatic carbocycles. The van der Waals surface area contributed by atoms with E-state index in [0.717, 1.165) is 30.9 Å². The van der Waals surface area contributed by atoms with Crippen molar-refractivity contribution in [2.75, 3.05) is 13.1 Å². The van der Waals surface area contributed by atoms with Crippen LogP contribution in [0.1, 0.15) is 25.5 Å². The van der Waals surface area contributed by atoms with Gasteiger partial charge < -0.3 is 9.30 Å². The average Bonchev–Trinajstić information content (AvgIpc) is 2.80. The normalized spacial score (nSPS) is 19.5. The van der Waals surface area contributed by atoms with Crippen molar-refractivity contribution in [2.45, 2.75) is 26.2 Å².